The van der Waals surface area contributed by atoms with E-state index in [0.717, 1.165) is 33.6 Å². The van der Waals surface area contributed by atoms with Gasteiger partial charge in [0.25, 0.3) is 0 Å². The summed E-state index contributed by atoms with van der Waals surface area (Å²) >= 11 is 1.10. The zero-order chi connectivity index (χ0) is 19.6. The molecular formula is C22H20O4S. The summed E-state index contributed by atoms with van der Waals surface area (Å²) in [6, 6.07) is 15.7. The highest BCUT2D eigenvalue weighted by Gasteiger charge is 2.29. The summed E-state index contributed by atoms with van der Waals surface area (Å²) in [5, 5.41) is 0. The van der Waals surface area contributed by atoms with Crippen LogP contribution in [0.2, 0.25) is 0 Å². The summed E-state index contributed by atoms with van der Waals surface area (Å²) < 4.78 is 9.96. The molecule has 0 fully saturated rings. The van der Waals surface area contributed by atoms with E-state index >= 15 is 0 Å². The highest BCUT2D eigenvalue weighted by Crippen LogP contribution is 2.44. The van der Waals surface area contributed by atoms with Gasteiger partial charge in [-0.2, -0.15) is 0 Å². The number of thiophene rings is 1. The Balaban J connectivity index is 2.37. The van der Waals surface area contributed by atoms with E-state index in [0.29, 0.717) is 20.9 Å². The SMILES string of the molecule is COC(=O)c1sc(C(=O)OC)c(-c2ccc(C)cc2)c1-c1ccc(C)cc1. The number of esters is 2. The summed E-state index contributed by atoms with van der Waals surface area (Å²) in [6.45, 7) is 4.00. The Hall–Kier alpha value is -2.92. The number of benzene rings is 2. The smallest absolute Gasteiger partial charge is 0.348 e. The zero-order valence-corrected chi connectivity index (χ0v) is 16.5. The lowest BCUT2D eigenvalue weighted by Gasteiger charge is -2.10. The van der Waals surface area contributed by atoms with Crippen molar-refractivity contribution in [2.45, 2.75) is 13.8 Å². The molecule has 0 aliphatic carbocycles. The van der Waals surface area contributed by atoms with Gasteiger partial charge in [-0.3, -0.25) is 0 Å². The number of ether oxygens (including phenoxy) is 2. The van der Waals surface area contributed by atoms with Crippen LogP contribution in [0.15, 0.2) is 48.5 Å². The molecule has 3 aromatic rings. The second-order valence-corrected chi connectivity index (χ2v) is 7.25. The molecule has 0 saturated heterocycles. The monoisotopic (exact) mass is 380 g/mol. The number of rotatable bonds is 4. The minimum absolute atomic E-state index is 0.386. The van der Waals surface area contributed by atoms with Gasteiger partial charge in [0.1, 0.15) is 9.75 Å². The van der Waals surface area contributed by atoms with Crippen molar-refractivity contribution in [2.75, 3.05) is 14.2 Å². The van der Waals surface area contributed by atoms with Gasteiger partial charge in [0.2, 0.25) is 0 Å². The molecule has 1 heterocycles. The number of hydrogen-bond acceptors (Lipinski definition) is 5. The standard InChI is InChI=1S/C22H20O4S/c1-13-5-9-15(10-6-13)17-18(16-11-7-14(2)8-12-16)20(22(24)26-4)27-19(17)21(23)25-3/h5-12H,1-4H3. The number of methoxy groups -OCH3 is 2. The van der Waals surface area contributed by atoms with Crippen LogP contribution in [0, 0.1) is 13.8 Å². The first-order valence-electron chi connectivity index (χ1n) is 8.43. The van der Waals surface area contributed by atoms with Crippen molar-refractivity contribution in [3.63, 3.8) is 0 Å². The normalized spacial score (nSPS) is 10.5. The van der Waals surface area contributed by atoms with Crippen molar-refractivity contribution >= 4 is 23.3 Å². The minimum atomic E-state index is -0.473. The molecule has 0 aliphatic rings. The molecule has 138 valence electrons. The summed E-state index contributed by atoms with van der Waals surface area (Å²) in [4.78, 5) is 25.7. The highest BCUT2D eigenvalue weighted by atomic mass is 32.1. The minimum Gasteiger partial charge on any atom is -0.465 e. The Labute approximate surface area is 162 Å². The van der Waals surface area contributed by atoms with E-state index < -0.39 is 11.9 Å². The molecule has 0 atom stereocenters. The molecule has 1 aromatic heterocycles. The van der Waals surface area contributed by atoms with Crippen LogP contribution in [0.4, 0.5) is 0 Å². The summed E-state index contributed by atoms with van der Waals surface area (Å²) in [5.74, 6) is -0.946. The molecule has 0 radical (unpaired) electrons. The van der Waals surface area contributed by atoms with Crippen LogP contribution < -0.4 is 0 Å². The third kappa shape index (κ3) is 3.64. The molecule has 0 aliphatic heterocycles. The largest absolute Gasteiger partial charge is 0.465 e. The maximum Gasteiger partial charge on any atom is 0.348 e. The van der Waals surface area contributed by atoms with Crippen molar-refractivity contribution in [2.24, 2.45) is 0 Å². The molecule has 2 aromatic carbocycles. The van der Waals surface area contributed by atoms with Crippen molar-refractivity contribution in [1.82, 2.24) is 0 Å². The van der Waals surface area contributed by atoms with E-state index in [2.05, 4.69) is 0 Å². The van der Waals surface area contributed by atoms with Crippen molar-refractivity contribution in [3.8, 4) is 22.3 Å². The molecule has 0 N–H and O–H groups in total. The fourth-order valence-corrected chi connectivity index (χ4v) is 4.08. The molecule has 5 heteroatoms. The van der Waals surface area contributed by atoms with Gasteiger partial charge in [0.15, 0.2) is 0 Å². The third-order valence-electron chi connectivity index (χ3n) is 4.33. The van der Waals surface area contributed by atoms with Crippen LogP contribution in [0.1, 0.15) is 30.5 Å². The fraction of sp³-hybridized carbons (Fsp3) is 0.182. The molecule has 0 bridgehead atoms. The lowest BCUT2D eigenvalue weighted by Crippen LogP contribution is -2.01. The van der Waals surface area contributed by atoms with E-state index in [9.17, 15) is 9.59 Å². The van der Waals surface area contributed by atoms with Gasteiger partial charge in [0.05, 0.1) is 14.2 Å². The van der Waals surface area contributed by atoms with Crippen molar-refractivity contribution in [1.29, 1.82) is 0 Å². The predicted octanol–water partition coefficient (Wildman–Crippen LogP) is 5.27. The first-order valence-corrected chi connectivity index (χ1v) is 9.25. The first kappa shape index (κ1) is 18.9. The van der Waals surface area contributed by atoms with Gasteiger partial charge in [0, 0.05) is 11.1 Å². The molecule has 27 heavy (non-hydrogen) atoms. The second-order valence-electron chi connectivity index (χ2n) is 6.23. The molecule has 0 amide bonds. The topological polar surface area (TPSA) is 52.6 Å². The van der Waals surface area contributed by atoms with Gasteiger partial charge in [-0.25, -0.2) is 9.59 Å². The molecule has 0 unspecified atom stereocenters. The fourth-order valence-electron chi connectivity index (χ4n) is 2.90. The van der Waals surface area contributed by atoms with Gasteiger partial charge in [-0.05, 0) is 25.0 Å². The average molecular weight is 380 g/mol. The number of hydrogen-bond donors (Lipinski definition) is 0. The van der Waals surface area contributed by atoms with E-state index in [1.807, 2.05) is 62.4 Å². The number of aryl methyl sites for hydroxylation is 2. The van der Waals surface area contributed by atoms with Crippen LogP contribution in [-0.4, -0.2) is 26.2 Å². The Bertz CT molecular complexity index is 902. The van der Waals surface area contributed by atoms with E-state index in [1.165, 1.54) is 14.2 Å². The van der Waals surface area contributed by atoms with Crippen LogP contribution in [0.3, 0.4) is 0 Å². The molecule has 3 rings (SSSR count). The van der Waals surface area contributed by atoms with E-state index in [1.54, 1.807) is 0 Å². The quantitative estimate of drug-likeness (QED) is 0.579. The zero-order valence-electron chi connectivity index (χ0n) is 15.7. The van der Waals surface area contributed by atoms with E-state index in [4.69, 9.17) is 9.47 Å². The molecule has 0 saturated carbocycles. The maximum absolute atomic E-state index is 12.5. The van der Waals surface area contributed by atoms with Crippen LogP contribution in [-0.2, 0) is 9.47 Å². The van der Waals surface area contributed by atoms with Crippen LogP contribution in [0.25, 0.3) is 22.3 Å². The van der Waals surface area contributed by atoms with Gasteiger partial charge >= 0.3 is 11.9 Å². The second kappa shape index (κ2) is 7.76. The lowest BCUT2D eigenvalue weighted by molar-refractivity contribution is 0.0600. The van der Waals surface area contributed by atoms with Gasteiger partial charge in [-0.1, -0.05) is 59.7 Å². The molecule has 4 nitrogen and oxygen atoms in total. The van der Waals surface area contributed by atoms with E-state index in [-0.39, 0.29) is 0 Å². The van der Waals surface area contributed by atoms with Gasteiger partial charge < -0.3 is 9.47 Å². The Kier molecular flexibility index (Phi) is 5.42. The maximum atomic E-state index is 12.5. The summed E-state index contributed by atoms with van der Waals surface area (Å²) in [5.41, 5.74) is 5.30. The van der Waals surface area contributed by atoms with Crippen LogP contribution in [0.5, 0.6) is 0 Å². The molecule has 0 spiro atoms. The van der Waals surface area contributed by atoms with Gasteiger partial charge in [-0.15, -0.1) is 11.3 Å². The average Bonchev–Trinajstić information content (AvgIpc) is 3.08. The van der Waals surface area contributed by atoms with Crippen molar-refractivity contribution in [3.05, 3.63) is 69.4 Å². The Morgan fingerprint density at radius 2 is 1.00 bits per heavy atom. The molecular weight excluding hydrogens is 360 g/mol. The summed E-state index contributed by atoms with van der Waals surface area (Å²) in [6.07, 6.45) is 0. The number of carbonyl (C=O) groups excluding carboxylic acids is 2. The summed E-state index contributed by atoms with van der Waals surface area (Å²) in [7, 11) is 2.68. The van der Waals surface area contributed by atoms with Crippen LogP contribution >= 0.6 is 11.3 Å². The number of carbonyl (C=O) groups is 2. The third-order valence-corrected chi connectivity index (χ3v) is 5.48. The Morgan fingerprint density at radius 1 is 0.667 bits per heavy atom. The lowest BCUT2D eigenvalue weighted by atomic mass is 9.93. The Morgan fingerprint density at radius 3 is 1.30 bits per heavy atom. The highest BCUT2D eigenvalue weighted by molar-refractivity contribution is 7.17. The van der Waals surface area contributed by atoms with Crippen molar-refractivity contribution < 1.29 is 19.1 Å². The predicted molar refractivity (Wildman–Crippen MR) is 107 cm³/mol. The first-order chi connectivity index (χ1) is 13.0.